The van der Waals surface area contributed by atoms with Gasteiger partial charge in [-0.3, -0.25) is 9.69 Å². The van der Waals surface area contributed by atoms with Gasteiger partial charge >= 0.3 is 6.18 Å². The van der Waals surface area contributed by atoms with Crippen LogP contribution in [-0.2, 0) is 12.7 Å². The minimum Gasteiger partial charge on any atom is -0.497 e. The SMILES string of the molecule is COc1ccc(-c2cc(C(F)(F)F)n3ncc(C(=O)N4CCN(Cc5cc(F)c(F)cc5F)CC4)c3n2)cc1. The van der Waals surface area contributed by atoms with Crippen LogP contribution in [0.2, 0.25) is 0 Å². The summed E-state index contributed by atoms with van der Waals surface area (Å²) >= 11 is 0. The van der Waals surface area contributed by atoms with Crippen molar-refractivity contribution in [2.45, 2.75) is 12.7 Å². The molecule has 0 N–H and O–H groups in total. The Kier molecular flexibility index (Phi) is 6.93. The molecule has 3 heterocycles. The standard InChI is InChI=1S/C26H21F6N5O2/c1-39-17-4-2-15(3-5-17)22-12-23(26(30,31)32)37-24(34-22)18(13-33-37)25(38)36-8-6-35(7-9-36)14-16-10-20(28)21(29)11-19(16)27/h2-5,10-13H,6-9,14H2,1H3. The van der Waals surface area contributed by atoms with Crippen LogP contribution in [-0.4, -0.2) is 63.6 Å². The van der Waals surface area contributed by atoms with Gasteiger partial charge in [-0.15, -0.1) is 0 Å². The molecule has 0 aliphatic carbocycles. The number of aromatic nitrogens is 3. The minimum atomic E-state index is -4.77. The number of alkyl halides is 3. The lowest BCUT2D eigenvalue weighted by Gasteiger charge is -2.34. The molecule has 2 aromatic heterocycles. The van der Waals surface area contributed by atoms with Crippen LogP contribution in [0.15, 0.2) is 48.7 Å². The fourth-order valence-corrected chi connectivity index (χ4v) is 4.43. The molecule has 7 nitrogen and oxygen atoms in total. The van der Waals surface area contributed by atoms with Crippen LogP contribution in [0.3, 0.4) is 0 Å². The number of carbonyl (C=O) groups is 1. The maximum atomic E-state index is 14.0. The van der Waals surface area contributed by atoms with Gasteiger partial charge in [-0.05, 0) is 36.4 Å². The van der Waals surface area contributed by atoms with Crippen molar-refractivity contribution >= 4 is 11.6 Å². The number of hydrogen-bond acceptors (Lipinski definition) is 5. The minimum absolute atomic E-state index is 0.00347. The van der Waals surface area contributed by atoms with Crippen molar-refractivity contribution in [3.63, 3.8) is 0 Å². The average Bonchev–Trinajstić information content (AvgIpc) is 3.34. The third-order valence-electron chi connectivity index (χ3n) is 6.52. The summed E-state index contributed by atoms with van der Waals surface area (Å²) in [7, 11) is 1.46. The van der Waals surface area contributed by atoms with Gasteiger partial charge in [0.05, 0.1) is 19.0 Å². The Morgan fingerprint density at radius 3 is 2.26 bits per heavy atom. The third kappa shape index (κ3) is 5.26. The second kappa shape index (κ2) is 10.2. The molecule has 4 aromatic rings. The zero-order chi connectivity index (χ0) is 27.9. The molecular formula is C26H21F6N5O2. The highest BCUT2D eigenvalue weighted by Crippen LogP contribution is 2.33. The van der Waals surface area contributed by atoms with Crippen LogP contribution in [0.5, 0.6) is 5.75 Å². The molecule has 0 unspecified atom stereocenters. The van der Waals surface area contributed by atoms with Crippen LogP contribution in [0.25, 0.3) is 16.9 Å². The summed E-state index contributed by atoms with van der Waals surface area (Å²) in [6.45, 7) is 0.907. The number of nitrogens with zero attached hydrogens (tertiary/aromatic N) is 5. The van der Waals surface area contributed by atoms with E-state index in [-0.39, 0.29) is 55.2 Å². The van der Waals surface area contributed by atoms with E-state index in [1.807, 2.05) is 0 Å². The summed E-state index contributed by atoms with van der Waals surface area (Å²) in [4.78, 5) is 20.9. The number of carbonyl (C=O) groups excluding carboxylic acids is 1. The summed E-state index contributed by atoms with van der Waals surface area (Å²) in [5.41, 5.74) is -1.06. The first-order valence-electron chi connectivity index (χ1n) is 11.8. The van der Waals surface area contributed by atoms with Crippen molar-refractivity contribution in [3.8, 4) is 17.0 Å². The molecule has 0 atom stereocenters. The Labute approximate surface area is 218 Å². The van der Waals surface area contributed by atoms with Gasteiger partial charge in [0.2, 0.25) is 0 Å². The highest BCUT2D eigenvalue weighted by molar-refractivity contribution is 6.00. The van der Waals surface area contributed by atoms with Crippen LogP contribution >= 0.6 is 0 Å². The van der Waals surface area contributed by atoms with Crippen molar-refractivity contribution in [1.29, 1.82) is 0 Å². The zero-order valence-corrected chi connectivity index (χ0v) is 20.5. The molecule has 39 heavy (non-hydrogen) atoms. The third-order valence-corrected chi connectivity index (χ3v) is 6.52. The number of fused-ring (bicyclic) bond motifs is 1. The topological polar surface area (TPSA) is 63.0 Å². The Bertz CT molecular complexity index is 1530. The van der Waals surface area contributed by atoms with Crippen LogP contribution in [0.4, 0.5) is 26.3 Å². The van der Waals surface area contributed by atoms with E-state index in [0.29, 0.717) is 21.9 Å². The van der Waals surface area contributed by atoms with Crippen molar-refractivity contribution < 1.29 is 35.9 Å². The Hall–Kier alpha value is -4.13. The maximum absolute atomic E-state index is 14.0. The van der Waals surface area contributed by atoms with E-state index in [9.17, 15) is 31.1 Å². The number of piperazine rings is 1. The van der Waals surface area contributed by atoms with E-state index in [2.05, 4.69) is 10.1 Å². The van der Waals surface area contributed by atoms with Crippen molar-refractivity contribution in [3.05, 3.63) is 82.9 Å². The first kappa shape index (κ1) is 26.5. The second-order valence-corrected chi connectivity index (χ2v) is 8.97. The highest BCUT2D eigenvalue weighted by atomic mass is 19.4. The van der Waals surface area contributed by atoms with E-state index in [4.69, 9.17) is 4.74 Å². The highest BCUT2D eigenvalue weighted by Gasteiger charge is 2.36. The molecule has 1 saturated heterocycles. The molecule has 1 aliphatic heterocycles. The van der Waals surface area contributed by atoms with Gasteiger partial charge in [0.25, 0.3) is 5.91 Å². The lowest BCUT2D eigenvalue weighted by Crippen LogP contribution is -2.48. The molecule has 0 spiro atoms. The molecule has 2 aromatic carbocycles. The Morgan fingerprint density at radius 1 is 0.949 bits per heavy atom. The largest absolute Gasteiger partial charge is 0.497 e. The quantitative estimate of drug-likeness (QED) is 0.265. The predicted molar refractivity (Wildman–Crippen MR) is 127 cm³/mol. The first-order chi connectivity index (χ1) is 18.5. The Balaban J connectivity index is 1.39. The zero-order valence-electron chi connectivity index (χ0n) is 20.5. The average molecular weight is 549 g/mol. The fourth-order valence-electron chi connectivity index (χ4n) is 4.43. The number of amides is 1. The van der Waals surface area contributed by atoms with Gasteiger partial charge in [0, 0.05) is 49.9 Å². The molecule has 0 bridgehead atoms. The summed E-state index contributed by atoms with van der Waals surface area (Å²) in [6, 6.07) is 8.44. The fraction of sp³-hybridized carbons (Fsp3) is 0.269. The number of hydrogen-bond donors (Lipinski definition) is 0. The summed E-state index contributed by atoms with van der Waals surface area (Å²) < 4.78 is 88.2. The monoisotopic (exact) mass is 549 g/mol. The summed E-state index contributed by atoms with van der Waals surface area (Å²) in [5.74, 6) is -3.36. The van der Waals surface area contributed by atoms with E-state index in [1.165, 1.54) is 12.0 Å². The van der Waals surface area contributed by atoms with E-state index < -0.39 is 35.2 Å². The molecule has 0 radical (unpaired) electrons. The normalized spacial score (nSPS) is 14.7. The number of methoxy groups -OCH3 is 1. The number of ether oxygens (including phenoxy) is 1. The van der Waals surface area contributed by atoms with Gasteiger partial charge in [0.15, 0.2) is 23.0 Å². The van der Waals surface area contributed by atoms with Crippen molar-refractivity contribution in [2.24, 2.45) is 0 Å². The van der Waals surface area contributed by atoms with Gasteiger partial charge in [-0.1, -0.05) is 0 Å². The second-order valence-electron chi connectivity index (χ2n) is 8.97. The van der Waals surface area contributed by atoms with Crippen molar-refractivity contribution in [1.82, 2.24) is 24.4 Å². The molecule has 1 fully saturated rings. The van der Waals surface area contributed by atoms with E-state index in [1.54, 1.807) is 29.2 Å². The van der Waals surface area contributed by atoms with Gasteiger partial charge in [-0.2, -0.15) is 18.3 Å². The summed E-state index contributed by atoms with van der Waals surface area (Å²) in [5, 5.41) is 3.81. The number of benzene rings is 2. The van der Waals surface area contributed by atoms with Crippen LogP contribution < -0.4 is 4.74 Å². The molecule has 13 heteroatoms. The lowest BCUT2D eigenvalue weighted by atomic mass is 10.1. The predicted octanol–water partition coefficient (Wildman–Crippen LogP) is 4.80. The van der Waals surface area contributed by atoms with Crippen molar-refractivity contribution in [2.75, 3.05) is 33.3 Å². The summed E-state index contributed by atoms with van der Waals surface area (Å²) in [6.07, 6.45) is -3.71. The molecule has 5 rings (SSSR count). The molecule has 204 valence electrons. The lowest BCUT2D eigenvalue weighted by molar-refractivity contribution is -0.142. The first-order valence-corrected chi connectivity index (χ1v) is 11.8. The number of halogens is 6. The number of rotatable bonds is 5. The molecule has 0 saturated carbocycles. The van der Waals surface area contributed by atoms with Gasteiger partial charge in [-0.25, -0.2) is 22.7 Å². The molecule has 1 amide bonds. The van der Waals surface area contributed by atoms with Crippen LogP contribution in [0, 0.1) is 17.5 Å². The van der Waals surface area contributed by atoms with Gasteiger partial charge < -0.3 is 9.64 Å². The Morgan fingerprint density at radius 2 is 1.62 bits per heavy atom. The van der Waals surface area contributed by atoms with E-state index in [0.717, 1.165) is 18.3 Å². The smallest absolute Gasteiger partial charge is 0.433 e. The van der Waals surface area contributed by atoms with E-state index >= 15 is 0 Å². The maximum Gasteiger partial charge on any atom is 0.433 e. The van der Waals surface area contributed by atoms with Gasteiger partial charge in [0.1, 0.15) is 17.1 Å². The molecular weight excluding hydrogens is 528 g/mol. The van der Waals surface area contributed by atoms with Crippen LogP contribution in [0.1, 0.15) is 21.6 Å². The molecule has 1 aliphatic rings.